The van der Waals surface area contributed by atoms with Gasteiger partial charge in [-0.05, 0) is 61.1 Å². The summed E-state index contributed by atoms with van der Waals surface area (Å²) < 4.78 is 54.1. The summed E-state index contributed by atoms with van der Waals surface area (Å²) in [5.41, 5.74) is 2.53. The number of hydrogen-bond acceptors (Lipinski definition) is 4. The molecule has 0 saturated heterocycles. The van der Waals surface area contributed by atoms with Gasteiger partial charge in [-0.15, -0.1) is 0 Å². The van der Waals surface area contributed by atoms with E-state index < -0.39 is 29.4 Å². The summed E-state index contributed by atoms with van der Waals surface area (Å²) in [7, 11) is 0. The normalized spacial score (nSPS) is 11.3. The van der Waals surface area contributed by atoms with Gasteiger partial charge in [0.1, 0.15) is 40.5 Å². The molecule has 0 saturated carbocycles. The van der Waals surface area contributed by atoms with E-state index in [1.54, 1.807) is 35.0 Å². The number of aryl methyl sites for hydroxylation is 1. The van der Waals surface area contributed by atoms with Crippen LogP contribution in [0.1, 0.15) is 42.4 Å². The Kier molecular flexibility index (Phi) is 10.7. The summed E-state index contributed by atoms with van der Waals surface area (Å²) in [6.07, 6.45) is 6.99. The zero-order valence-corrected chi connectivity index (χ0v) is 23.8. The molecule has 0 amide bonds. The standard InChI is InChI=1S/C32H29ClF3NO6/c33-31-27(36)16-24(35)17-28(31)43-13-2-1-12-42-25-10-7-20(8-11-25)6-9-21-14-23(34)15-26-22(4-3-5-29(38)39)18-37(32(21)26)19-30(40)41/h6-11,14-18H,1-5,12-13,19H2,(H,38,39)(H,40,41)/b9-6+. The van der Waals surface area contributed by atoms with Crippen molar-refractivity contribution in [3.63, 3.8) is 0 Å². The maximum Gasteiger partial charge on any atom is 0.323 e. The molecule has 1 aromatic heterocycles. The van der Waals surface area contributed by atoms with Crippen molar-refractivity contribution in [3.05, 3.63) is 93.9 Å². The summed E-state index contributed by atoms with van der Waals surface area (Å²) in [6.45, 7) is 0.278. The lowest BCUT2D eigenvalue weighted by Gasteiger charge is -2.09. The first-order chi connectivity index (χ1) is 20.6. The zero-order valence-electron chi connectivity index (χ0n) is 23.0. The van der Waals surface area contributed by atoms with Crippen LogP contribution in [-0.2, 0) is 22.6 Å². The monoisotopic (exact) mass is 615 g/mol. The Labute approximate surface area is 250 Å². The molecular weight excluding hydrogens is 587 g/mol. The molecule has 2 N–H and O–H groups in total. The van der Waals surface area contributed by atoms with Crippen LogP contribution < -0.4 is 9.47 Å². The van der Waals surface area contributed by atoms with Gasteiger partial charge < -0.3 is 24.3 Å². The maximum atomic E-state index is 14.6. The average Bonchev–Trinajstić information content (AvgIpc) is 3.28. The van der Waals surface area contributed by atoms with E-state index in [-0.39, 0.29) is 30.3 Å². The quantitative estimate of drug-likeness (QED) is 0.0811. The number of benzene rings is 3. The fourth-order valence-corrected chi connectivity index (χ4v) is 4.77. The molecule has 4 aromatic rings. The molecule has 1 heterocycles. The fourth-order valence-electron chi connectivity index (χ4n) is 4.61. The van der Waals surface area contributed by atoms with E-state index in [1.807, 2.05) is 12.1 Å². The zero-order chi connectivity index (χ0) is 30.9. The number of carbonyl (C=O) groups is 2. The molecule has 0 spiro atoms. The first kappa shape index (κ1) is 31.5. The number of aliphatic carboxylic acids is 2. The second-order valence-corrected chi connectivity index (χ2v) is 10.2. The second kappa shape index (κ2) is 14.6. The second-order valence-electron chi connectivity index (χ2n) is 9.82. The lowest BCUT2D eigenvalue weighted by Crippen LogP contribution is -2.08. The van der Waals surface area contributed by atoms with Crippen molar-refractivity contribution >= 4 is 46.6 Å². The van der Waals surface area contributed by atoms with E-state index in [1.165, 1.54) is 12.1 Å². The van der Waals surface area contributed by atoms with Crippen LogP contribution in [-0.4, -0.2) is 39.9 Å². The molecule has 226 valence electrons. The van der Waals surface area contributed by atoms with Crippen LogP contribution in [0.3, 0.4) is 0 Å². The molecule has 43 heavy (non-hydrogen) atoms. The maximum absolute atomic E-state index is 14.6. The van der Waals surface area contributed by atoms with Gasteiger partial charge in [-0.2, -0.15) is 0 Å². The first-order valence-corrected chi connectivity index (χ1v) is 13.9. The van der Waals surface area contributed by atoms with Gasteiger partial charge in [0.2, 0.25) is 0 Å². The van der Waals surface area contributed by atoms with Gasteiger partial charge in [-0.1, -0.05) is 35.9 Å². The Morgan fingerprint density at radius 3 is 2.26 bits per heavy atom. The van der Waals surface area contributed by atoms with Gasteiger partial charge in [-0.25, -0.2) is 13.2 Å². The minimum absolute atomic E-state index is 0.0456. The van der Waals surface area contributed by atoms with Gasteiger partial charge >= 0.3 is 11.9 Å². The van der Waals surface area contributed by atoms with Crippen LogP contribution in [0.15, 0.2) is 54.7 Å². The van der Waals surface area contributed by atoms with E-state index in [9.17, 15) is 27.9 Å². The molecule has 0 atom stereocenters. The smallest absolute Gasteiger partial charge is 0.323 e. The predicted octanol–water partition coefficient (Wildman–Crippen LogP) is 7.61. The highest BCUT2D eigenvalue weighted by Gasteiger charge is 2.16. The highest BCUT2D eigenvalue weighted by Crippen LogP contribution is 2.30. The molecule has 0 fully saturated rings. The third kappa shape index (κ3) is 8.78. The Hall–Kier alpha value is -4.44. The Bertz CT molecular complexity index is 1630. The lowest BCUT2D eigenvalue weighted by molar-refractivity contribution is -0.138. The summed E-state index contributed by atoms with van der Waals surface area (Å²) in [5, 5.41) is 18.6. The third-order valence-electron chi connectivity index (χ3n) is 6.55. The van der Waals surface area contributed by atoms with Crippen molar-refractivity contribution in [1.29, 1.82) is 0 Å². The van der Waals surface area contributed by atoms with Crippen molar-refractivity contribution in [2.75, 3.05) is 13.2 Å². The van der Waals surface area contributed by atoms with Crippen LogP contribution in [0, 0.1) is 17.5 Å². The number of nitrogens with zero attached hydrogens (tertiary/aromatic N) is 1. The number of halogens is 4. The molecule has 0 aliphatic carbocycles. The topological polar surface area (TPSA) is 98.0 Å². The molecule has 3 aromatic carbocycles. The molecule has 0 radical (unpaired) electrons. The van der Waals surface area contributed by atoms with Gasteiger partial charge in [-0.3, -0.25) is 9.59 Å². The van der Waals surface area contributed by atoms with Crippen LogP contribution >= 0.6 is 11.6 Å². The number of aromatic nitrogens is 1. The Balaban J connectivity index is 1.37. The summed E-state index contributed by atoms with van der Waals surface area (Å²) >= 11 is 5.79. The largest absolute Gasteiger partial charge is 0.494 e. The van der Waals surface area contributed by atoms with Crippen LogP contribution in [0.4, 0.5) is 13.2 Å². The highest BCUT2D eigenvalue weighted by molar-refractivity contribution is 6.32. The minimum atomic E-state index is -1.05. The molecule has 0 unspecified atom stereocenters. The van der Waals surface area contributed by atoms with Gasteiger partial charge in [0.05, 0.1) is 18.7 Å². The van der Waals surface area contributed by atoms with Gasteiger partial charge in [0.15, 0.2) is 0 Å². The fraction of sp³-hybridized carbons (Fsp3) is 0.250. The SMILES string of the molecule is O=C(O)CCCc1cn(CC(=O)O)c2c(/C=C/c3ccc(OCCCCOc4cc(F)cc(F)c4Cl)cc3)cc(F)cc12. The van der Waals surface area contributed by atoms with E-state index in [0.29, 0.717) is 66.1 Å². The summed E-state index contributed by atoms with van der Waals surface area (Å²) in [5.74, 6) is -3.54. The van der Waals surface area contributed by atoms with Crippen molar-refractivity contribution in [2.45, 2.75) is 38.6 Å². The molecule has 0 bridgehead atoms. The number of fused-ring (bicyclic) bond motifs is 1. The van der Waals surface area contributed by atoms with Crippen LogP contribution in [0.25, 0.3) is 23.1 Å². The van der Waals surface area contributed by atoms with E-state index in [4.69, 9.17) is 26.2 Å². The number of carboxylic acids is 2. The number of rotatable bonds is 15. The number of unbranched alkanes of at least 4 members (excludes halogenated alkanes) is 1. The Morgan fingerprint density at radius 1 is 0.860 bits per heavy atom. The van der Waals surface area contributed by atoms with E-state index >= 15 is 0 Å². The van der Waals surface area contributed by atoms with Crippen molar-refractivity contribution in [3.8, 4) is 11.5 Å². The minimum Gasteiger partial charge on any atom is -0.494 e. The Morgan fingerprint density at radius 2 is 1.56 bits per heavy atom. The summed E-state index contributed by atoms with van der Waals surface area (Å²) in [6, 6.07) is 11.6. The van der Waals surface area contributed by atoms with Crippen LogP contribution in [0.2, 0.25) is 5.02 Å². The molecule has 11 heteroatoms. The molecule has 7 nitrogen and oxygen atoms in total. The average molecular weight is 616 g/mol. The van der Waals surface area contributed by atoms with Crippen molar-refractivity contribution in [2.24, 2.45) is 0 Å². The lowest BCUT2D eigenvalue weighted by atomic mass is 10.0. The number of carboxylic acid groups (broad SMARTS) is 2. The predicted molar refractivity (Wildman–Crippen MR) is 157 cm³/mol. The van der Waals surface area contributed by atoms with E-state index in [2.05, 4.69) is 0 Å². The highest BCUT2D eigenvalue weighted by atomic mass is 35.5. The number of hydrogen-bond donors (Lipinski definition) is 2. The molecular formula is C32H29ClF3NO6. The molecule has 0 aliphatic rings. The van der Waals surface area contributed by atoms with Gasteiger partial charge in [0, 0.05) is 35.7 Å². The third-order valence-corrected chi connectivity index (χ3v) is 6.92. The van der Waals surface area contributed by atoms with E-state index in [0.717, 1.165) is 11.6 Å². The number of ether oxygens (including phenoxy) is 2. The molecule has 0 aliphatic heterocycles. The molecule has 4 rings (SSSR count). The van der Waals surface area contributed by atoms with Crippen molar-refractivity contribution < 1.29 is 42.4 Å². The first-order valence-electron chi connectivity index (χ1n) is 13.5. The van der Waals surface area contributed by atoms with Crippen LogP contribution in [0.5, 0.6) is 11.5 Å². The van der Waals surface area contributed by atoms with Gasteiger partial charge in [0.25, 0.3) is 0 Å². The summed E-state index contributed by atoms with van der Waals surface area (Å²) in [4.78, 5) is 22.4. The van der Waals surface area contributed by atoms with Crippen molar-refractivity contribution in [1.82, 2.24) is 4.57 Å².